The van der Waals surface area contributed by atoms with Crippen molar-refractivity contribution in [3.8, 4) is 0 Å². The second-order valence-corrected chi connectivity index (χ2v) is 2.60. The Hall–Kier alpha value is -1.10. The summed E-state index contributed by atoms with van der Waals surface area (Å²) >= 11 is 0. The summed E-state index contributed by atoms with van der Waals surface area (Å²) in [5.74, 6) is -1.63. The number of hydrogen-bond acceptors (Lipinski definition) is 3. The summed E-state index contributed by atoms with van der Waals surface area (Å²) in [4.78, 5) is 19.0. The van der Waals surface area contributed by atoms with Crippen LogP contribution < -0.4 is 5.32 Å². The van der Waals surface area contributed by atoms with Gasteiger partial charge < -0.3 is 15.5 Å². The summed E-state index contributed by atoms with van der Waals surface area (Å²) < 4.78 is 0. The molecule has 0 spiro atoms. The van der Waals surface area contributed by atoms with E-state index in [4.69, 9.17) is 15.0 Å². The molecule has 0 aromatic carbocycles. The highest BCUT2D eigenvalue weighted by Gasteiger charge is 1.99. The van der Waals surface area contributed by atoms with E-state index in [1.54, 1.807) is 0 Å². The molecule has 78 valence electrons. The first kappa shape index (κ1) is 14.4. The lowest BCUT2D eigenvalue weighted by Gasteiger charge is -2.07. The molecular formula is C8H17NO4. The number of aliphatic carboxylic acids is 2. The Labute approximate surface area is 77.8 Å². The van der Waals surface area contributed by atoms with E-state index in [0.717, 1.165) is 13.3 Å². The molecule has 0 aliphatic heterocycles. The van der Waals surface area contributed by atoms with E-state index >= 15 is 0 Å². The molecule has 5 nitrogen and oxygen atoms in total. The van der Waals surface area contributed by atoms with E-state index in [9.17, 15) is 4.79 Å². The first-order valence-electron chi connectivity index (χ1n) is 4.04. The third-order valence-corrected chi connectivity index (χ3v) is 1.21. The third-order valence-electron chi connectivity index (χ3n) is 1.21. The maximum absolute atomic E-state index is 9.96. The summed E-state index contributed by atoms with van der Waals surface area (Å²) in [6, 6.07) is 0.307. The zero-order chi connectivity index (χ0) is 10.9. The van der Waals surface area contributed by atoms with Gasteiger partial charge in [0.2, 0.25) is 0 Å². The second kappa shape index (κ2) is 8.99. The summed E-state index contributed by atoms with van der Waals surface area (Å²) in [6.45, 7) is 5.12. The van der Waals surface area contributed by atoms with Crippen LogP contribution in [0, 0.1) is 0 Å². The minimum absolute atomic E-state index is 0.0645. The lowest BCUT2D eigenvalue weighted by molar-refractivity contribution is -0.136. The van der Waals surface area contributed by atoms with Crippen molar-refractivity contribution in [2.75, 3.05) is 6.54 Å². The molecule has 0 radical (unpaired) electrons. The Morgan fingerprint density at radius 3 is 2.00 bits per heavy atom. The summed E-state index contributed by atoms with van der Waals surface area (Å²) in [5.41, 5.74) is 0. The standard InChI is InChI=1S/C6H13NO2.C2H4O2/c1-3-5(2)7-4-6(8)9;1-2(3)4/h5,7H,3-4H2,1-2H3,(H,8,9);1H3,(H,3,4). The lowest BCUT2D eigenvalue weighted by Crippen LogP contribution is -2.30. The quantitative estimate of drug-likeness (QED) is 0.604. The van der Waals surface area contributed by atoms with E-state index in [1.807, 2.05) is 13.8 Å². The van der Waals surface area contributed by atoms with Crippen molar-refractivity contribution in [3.63, 3.8) is 0 Å². The Bertz CT molecular complexity index is 154. The number of carboxylic acids is 2. The Kier molecular flexibility index (Phi) is 9.98. The van der Waals surface area contributed by atoms with E-state index in [0.29, 0.717) is 6.04 Å². The van der Waals surface area contributed by atoms with Crippen molar-refractivity contribution in [2.45, 2.75) is 33.2 Å². The molecule has 0 saturated carbocycles. The van der Waals surface area contributed by atoms with E-state index in [-0.39, 0.29) is 6.54 Å². The number of rotatable bonds is 4. The molecule has 0 saturated heterocycles. The number of carbonyl (C=O) groups is 2. The highest BCUT2D eigenvalue weighted by molar-refractivity contribution is 5.69. The van der Waals surface area contributed by atoms with Crippen LogP contribution in [0.25, 0.3) is 0 Å². The van der Waals surface area contributed by atoms with Crippen LogP contribution in [0.1, 0.15) is 27.2 Å². The predicted octanol–water partition coefficient (Wildman–Crippen LogP) is 0.550. The van der Waals surface area contributed by atoms with Gasteiger partial charge in [-0.1, -0.05) is 6.92 Å². The minimum atomic E-state index is -0.833. The highest BCUT2D eigenvalue weighted by atomic mass is 16.4. The van der Waals surface area contributed by atoms with Crippen molar-refractivity contribution in [3.05, 3.63) is 0 Å². The third kappa shape index (κ3) is 24.8. The average molecular weight is 191 g/mol. The summed E-state index contributed by atoms with van der Waals surface area (Å²) in [7, 11) is 0. The number of carboxylic acid groups (broad SMARTS) is 2. The van der Waals surface area contributed by atoms with Gasteiger partial charge in [0, 0.05) is 13.0 Å². The van der Waals surface area contributed by atoms with Gasteiger partial charge in [0.25, 0.3) is 5.97 Å². The molecule has 0 aliphatic carbocycles. The number of nitrogens with one attached hydrogen (secondary N) is 1. The predicted molar refractivity (Wildman–Crippen MR) is 48.7 cm³/mol. The van der Waals surface area contributed by atoms with E-state index in [2.05, 4.69) is 5.32 Å². The fraction of sp³-hybridized carbons (Fsp3) is 0.750. The Balaban J connectivity index is 0. The van der Waals surface area contributed by atoms with Gasteiger partial charge in [0.15, 0.2) is 0 Å². The van der Waals surface area contributed by atoms with Gasteiger partial charge in [0.1, 0.15) is 0 Å². The molecule has 0 heterocycles. The zero-order valence-electron chi connectivity index (χ0n) is 8.20. The van der Waals surface area contributed by atoms with Gasteiger partial charge in [0.05, 0.1) is 6.54 Å². The molecule has 0 rings (SSSR count). The van der Waals surface area contributed by atoms with Gasteiger partial charge >= 0.3 is 5.97 Å². The second-order valence-electron chi connectivity index (χ2n) is 2.60. The molecule has 5 heteroatoms. The summed E-state index contributed by atoms with van der Waals surface area (Å²) in [5, 5.41) is 18.4. The molecule has 13 heavy (non-hydrogen) atoms. The van der Waals surface area contributed by atoms with Crippen LogP contribution in [0.4, 0.5) is 0 Å². The average Bonchev–Trinajstić information content (AvgIpc) is 1.99. The van der Waals surface area contributed by atoms with Gasteiger partial charge in [-0.15, -0.1) is 0 Å². The monoisotopic (exact) mass is 191 g/mol. The van der Waals surface area contributed by atoms with E-state index in [1.165, 1.54) is 0 Å². The van der Waals surface area contributed by atoms with Crippen molar-refractivity contribution >= 4 is 11.9 Å². The van der Waals surface area contributed by atoms with Crippen LogP contribution in [0.2, 0.25) is 0 Å². The van der Waals surface area contributed by atoms with Crippen LogP contribution in [0.15, 0.2) is 0 Å². The first-order chi connectivity index (χ1) is 5.90. The first-order valence-corrected chi connectivity index (χ1v) is 4.04. The molecule has 3 N–H and O–H groups in total. The van der Waals surface area contributed by atoms with Crippen LogP contribution in [-0.2, 0) is 9.59 Å². The largest absolute Gasteiger partial charge is 0.481 e. The molecular weight excluding hydrogens is 174 g/mol. The van der Waals surface area contributed by atoms with Crippen LogP contribution >= 0.6 is 0 Å². The van der Waals surface area contributed by atoms with Crippen molar-refractivity contribution in [2.24, 2.45) is 0 Å². The summed E-state index contributed by atoms with van der Waals surface area (Å²) in [6.07, 6.45) is 0.966. The molecule has 0 aliphatic rings. The fourth-order valence-electron chi connectivity index (χ4n) is 0.406. The molecule has 0 amide bonds. The van der Waals surface area contributed by atoms with Crippen LogP contribution in [-0.4, -0.2) is 34.7 Å². The maximum atomic E-state index is 9.96. The van der Waals surface area contributed by atoms with Gasteiger partial charge in [-0.25, -0.2) is 0 Å². The molecule has 0 aromatic rings. The topological polar surface area (TPSA) is 86.6 Å². The normalized spacial score (nSPS) is 11.0. The van der Waals surface area contributed by atoms with Gasteiger partial charge in [-0.05, 0) is 13.3 Å². The highest BCUT2D eigenvalue weighted by Crippen LogP contribution is 1.85. The smallest absolute Gasteiger partial charge is 0.317 e. The Morgan fingerprint density at radius 2 is 1.77 bits per heavy atom. The molecule has 1 unspecified atom stereocenters. The Morgan fingerprint density at radius 1 is 1.38 bits per heavy atom. The SMILES string of the molecule is CC(=O)O.CCC(C)NCC(=O)O. The van der Waals surface area contributed by atoms with E-state index < -0.39 is 11.9 Å². The van der Waals surface area contributed by atoms with Crippen molar-refractivity contribution < 1.29 is 19.8 Å². The molecule has 0 fully saturated rings. The van der Waals surface area contributed by atoms with Crippen LogP contribution in [0.3, 0.4) is 0 Å². The lowest BCUT2D eigenvalue weighted by atomic mass is 10.3. The maximum Gasteiger partial charge on any atom is 0.317 e. The minimum Gasteiger partial charge on any atom is -0.481 e. The van der Waals surface area contributed by atoms with Gasteiger partial charge in [-0.2, -0.15) is 0 Å². The van der Waals surface area contributed by atoms with Crippen molar-refractivity contribution in [1.82, 2.24) is 5.32 Å². The molecule has 0 aromatic heterocycles. The molecule has 1 atom stereocenters. The zero-order valence-corrected chi connectivity index (χ0v) is 8.20. The fourth-order valence-corrected chi connectivity index (χ4v) is 0.406. The van der Waals surface area contributed by atoms with Gasteiger partial charge in [-0.3, -0.25) is 9.59 Å². The molecule has 0 bridgehead atoms. The van der Waals surface area contributed by atoms with Crippen LogP contribution in [0.5, 0.6) is 0 Å². The van der Waals surface area contributed by atoms with Crippen molar-refractivity contribution in [1.29, 1.82) is 0 Å². The number of hydrogen-bond donors (Lipinski definition) is 3.